The lowest BCUT2D eigenvalue weighted by atomic mass is 10.1. The molecule has 1 aromatic carbocycles. The third-order valence-electron chi connectivity index (χ3n) is 2.63. The van der Waals surface area contributed by atoms with Gasteiger partial charge in [-0.25, -0.2) is 0 Å². The fourth-order valence-corrected chi connectivity index (χ4v) is 2.44. The number of nitrogens with one attached hydrogen (secondary N) is 1. The van der Waals surface area contributed by atoms with Crippen LogP contribution in [0.15, 0.2) is 22.8 Å². The number of nitrogens with zero attached hydrogens (tertiary/aromatic N) is 1. The molecule has 0 unspecified atom stereocenters. The fraction of sp³-hybridized carbons (Fsp3) is 0.0909. The van der Waals surface area contributed by atoms with Gasteiger partial charge >= 0.3 is 0 Å². The minimum Gasteiger partial charge on any atom is -0.495 e. The summed E-state index contributed by atoms with van der Waals surface area (Å²) in [6, 6.07) is 3.51. The number of halogens is 1. The third-order valence-corrected chi connectivity index (χ3v) is 3.24. The van der Waals surface area contributed by atoms with E-state index in [0.717, 1.165) is 15.4 Å². The van der Waals surface area contributed by atoms with Crippen LogP contribution in [0.5, 0.6) is 5.75 Å². The Kier molecular flexibility index (Phi) is 1.91. The largest absolute Gasteiger partial charge is 0.495 e. The molecule has 0 radical (unpaired) electrons. The number of carbonyl (C=O) groups excluding carboxylic acids is 1. The number of methoxy groups -OCH3 is 1. The van der Waals surface area contributed by atoms with Gasteiger partial charge in [-0.15, -0.1) is 0 Å². The molecule has 2 heterocycles. The Hall–Kier alpha value is -1.62. The Morgan fingerprint density at radius 3 is 3.06 bits per heavy atom. The second kappa shape index (κ2) is 3.18. The van der Waals surface area contributed by atoms with Crippen molar-refractivity contribution in [1.82, 2.24) is 4.98 Å². The van der Waals surface area contributed by atoms with Crippen molar-refractivity contribution >= 4 is 38.4 Å². The second-order valence-corrected chi connectivity index (χ2v) is 4.33. The van der Waals surface area contributed by atoms with Crippen LogP contribution in [0.4, 0.5) is 5.69 Å². The van der Waals surface area contributed by atoms with Gasteiger partial charge in [0.25, 0.3) is 5.91 Å². The van der Waals surface area contributed by atoms with Crippen LogP contribution in [0.25, 0.3) is 10.9 Å². The highest BCUT2D eigenvalue weighted by Crippen LogP contribution is 2.42. The van der Waals surface area contributed by atoms with E-state index in [1.54, 1.807) is 25.4 Å². The van der Waals surface area contributed by atoms with Crippen LogP contribution in [0, 0.1) is 0 Å². The molecule has 0 saturated heterocycles. The van der Waals surface area contributed by atoms with Gasteiger partial charge in [0.2, 0.25) is 0 Å². The quantitative estimate of drug-likeness (QED) is 0.872. The molecule has 16 heavy (non-hydrogen) atoms. The molecule has 1 aliphatic rings. The smallest absolute Gasteiger partial charge is 0.256 e. The van der Waals surface area contributed by atoms with E-state index in [2.05, 4.69) is 26.2 Å². The standard InChI is InChI=1S/C11H7BrN2O2/c1-16-7-4-6(12)9-8-5(2-3-13-9)11(15)14-10(7)8/h2-4H,1H3,(H,14,15). The first-order valence-corrected chi connectivity index (χ1v) is 5.48. The number of rotatable bonds is 1. The number of benzene rings is 1. The lowest BCUT2D eigenvalue weighted by molar-refractivity contribution is 0.103. The predicted octanol–water partition coefficient (Wildman–Crippen LogP) is 2.57. The number of pyridine rings is 1. The first kappa shape index (κ1) is 9.59. The maximum Gasteiger partial charge on any atom is 0.256 e. The molecule has 0 atom stereocenters. The van der Waals surface area contributed by atoms with Crippen molar-refractivity contribution in [2.24, 2.45) is 0 Å². The molecule has 2 aromatic rings. The Morgan fingerprint density at radius 1 is 1.50 bits per heavy atom. The summed E-state index contributed by atoms with van der Waals surface area (Å²) in [4.78, 5) is 16.0. The van der Waals surface area contributed by atoms with Gasteiger partial charge in [0.1, 0.15) is 5.75 Å². The molecule has 1 amide bonds. The summed E-state index contributed by atoms with van der Waals surface area (Å²) >= 11 is 3.42. The number of anilines is 1. The van der Waals surface area contributed by atoms with E-state index in [9.17, 15) is 4.79 Å². The summed E-state index contributed by atoms with van der Waals surface area (Å²) < 4.78 is 6.06. The highest BCUT2D eigenvalue weighted by molar-refractivity contribution is 9.10. The van der Waals surface area contributed by atoms with Gasteiger partial charge in [0.05, 0.1) is 23.9 Å². The molecule has 5 heteroatoms. The molecule has 0 saturated carbocycles. The molecule has 3 rings (SSSR count). The number of hydrogen-bond donors (Lipinski definition) is 1. The molecular formula is C11H7BrN2O2. The van der Waals surface area contributed by atoms with E-state index < -0.39 is 0 Å². The zero-order chi connectivity index (χ0) is 11.3. The van der Waals surface area contributed by atoms with Gasteiger partial charge in [0.15, 0.2) is 0 Å². The van der Waals surface area contributed by atoms with Gasteiger partial charge in [-0.3, -0.25) is 9.78 Å². The highest BCUT2D eigenvalue weighted by Gasteiger charge is 2.26. The van der Waals surface area contributed by atoms with Crippen molar-refractivity contribution < 1.29 is 9.53 Å². The Labute approximate surface area is 99.7 Å². The maximum absolute atomic E-state index is 11.7. The van der Waals surface area contributed by atoms with Crippen molar-refractivity contribution in [2.75, 3.05) is 12.4 Å². The minimum atomic E-state index is -0.112. The van der Waals surface area contributed by atoms with Gasteiger partial charge < -0.3 is 10.1 Å². The number of amides is 1. The van der Waals surface area contributed by atoms with Crippen molar-refractivity contribution in [1.29, 1.82) is 0 Å². The van der Waals surface area contributed by atoms with Crippen molar-refractivity contribution in [3.05, 3.63) is 28.4 Å². The summed E-state index contributed by atoms with van der Waals surface area (Å²) in [7, 11) is 1.57. The summed E-state index contributed by atoms with van der Waals surface area (Å²) in [6.45, 7) is 0. The van der Waals surface area contributed by atoms with E-state index in [4.69, 9.17) is 4.74 Å². The average molecular weight is 279 g/mol. The SMILES string of the molecule is COc1cc(Br)c2nccc3c2c1NC3=O. The van der Waals surface area contributed by atoms with Gasteiger partial charge in [0, 0.05) is 16.1 Å². The van der Waals surface area contributed by atoms with E-state index in [1.165, 1.54) is 0 Å². The van der Waals surface area contributed by atoms with Crippen LogP contribution in [0.2, 0.25) is 0 Å². The Balaban J connectivity index is 2.53. The second-order valence-electron chi connectivity index (χ2n) is 3.47. The van der Waals surface area contributed by atoms with Crippen molar-refractivity contribution in [3.63, 3.8) is 0 Å². The lowest BCUT2D eigenvalue weighted by Crippen LogP contribution is -2.04. The average Bonchev–Trinajstić information content (AvgIpc) is 2.63. The molecule has 0 aliphatic carbocycles. The van der Waals surface area contributed by atoms with Gasteiger partial charge in [-0.05, 0) is 28.1 Å². The van der Waals surface area contributed by atoms with Crippen LogP contribution in [0.3, 0.4) is 0 Å². The summed E-state index contributed by atoms with van der Waals surface area (Å²) in [5.74, 6) is 0.526. The molecule has 80 valence electrons. The number of carbonyl (C=O) groups is 1. The van der Waals surface area contributed by atoms with Crippen LogP contribution in [-0.2, 0) is 0 Å². The summed E-state index contributed by atoms with van der Waals surface area (Å²) in [5.41, 5.74) is 2.11. The Morgan fingerprint density at radius 2 is 2.31 bits per heavy atom. The fourth-order valence-electron chi connectivity index (χ4n) is 1.93. The molecule has 0 bridgehead atoms. The maximum atomic E-state index is 11.7. The van der Waals surface area contributed by atoms with Crippen LogP contribution in [-0.4, -0.2) is 18.0 Å². The zero-order valence-corrected chi connectivity index (χ0v) is 9.96. The number of aromatic nitrogens is 1. The predicted molar refractivity (Wildman–Crippen MR) is 63.9 cm³/mol. The first-order chi connectivity index (χ1) is 7.72. The third kappa shape index (κ3) is 1.09. The molecular weight excluding hydrogens is 272 g/mol. The summed E-state index contributed by atoms with van der Waals surface area (Å²) in [6.07, 6.45) is 1.63. The molecule has 0 fully saturated rings. The van der Waals surface area contributed by atoms with E-state index in [1.807, 2.05) is 0 Å². The van der Waals surface area contributed by atoms with E-state index in [-0.39, 0.29) is 5.91 Å². The van der Waals surface area contributed by atoms with Crippen LogP contribution >= 0.6 is 15.9 Å². The zero-order valence-electron chi connectivity index (χ0n) is 8.37. The molecule has 0 spiro atoms. The molecule has 1 aliphatic heterocycles. The van der Waals surface area contributed by atoms with Gasteiger partial charge in [-0.1, -0.05) is 0 Å². The monoisotopic (exact) mass is 278 g/mol. The van der Waals surface area contributed by atoms with Crippen molar-refractivity contribution in [3.8, 4) is 5.75 Å². The lowest BCUT2D eigenvalue weighted by Gasteiger charge is -2.07. The molecule has 4 nitrogen and oxygen atoms in total. The van der Waals surface area contributed by atoms with E-state index in [0.29, 0.717) is 17.0 Å². The van der Waals surface area contributed by atoms with E-state index >= 15 is 0 Å². The topological polar surface area (TPSA) is 51.2 Å². The first-order valence-electron chi connectivity index (χ1n) is 4.69. The minimum absolute atomic E-state index is 0.112. The van der Waals surface area contributed by atoms with Gasteiger partial charge in [-0.2, -0.15) is 0 Å². The molecule has 1 N–H and O–H groups in total. The normalized spacial score (nSPS) is 13.0. The molecule has 1 aromatic heterocycles. The van der Waals surface area contributed by atoms with Crippen LogP contribution < -0.4 is 10.1 Å². The number of hydrogen-bond acceptors (Lipinski definition) is 3. The van der Waals surface area contributed by atoms with Crippen molar-refractivity contribution in [2.45, 2.75) is 0 Å². The number of ether oxygens (including phenoxy) is 1. The highest BCUT2D eigenvalue weighted by atomic mass is 79.9. The summed E-state index contributed by atoms with van der Waals surface area (Å²) in [5, 5.41) is 3.61. The van der Waals surface area contributed by atoms with Crippen LogP contribution in [0.1, 0.15) is 10.4 Å². The Bertz CT molecular complexity index is 625.